The van der Waals surface area contributed by atoms with Crippen molar-refractivity contribution in [3.63, 3.8) is 0 Å². The van der Waals surface area contributed by atoms with E-state index in [0.717, 1.165) is 0 Å². The number of unbranched alkanes of at least 4 members (excludes halogenated alkanes) is 13. The summed E-state index contributed by atoms with van der Waals surface area (Å²) in [7, 11) is 0. The van der Waals surface area contributed by atoms with Crippen LogP contribution in [0.5, 0.6) is 0 Å². The van der Waals surface area contributed by atoms with E-state index in [0.29, 0.717) is 0 Å². The van der Waals surface area contributed by atoms with Gasteiger partial charge < -0.3 is 0 Å². The molecule has 0 saturated heterocycles. The summed E-state index contributed by atoms with van der Waals surface area (Å²) in [4.78, 5) is 0. The van der Waals surface area contributed by atoms with Crippen molar-refractivity contribution in [2.75, 3.05) is 24.6 Å². The fourth-order valence-electron chi connectivity index (χ4n) is 4.56. The predicted octanol–water partition coefficient (Wildman–Crippen LogP) is 10.6. The van der Waals surface area contributed by atoms with Crippen LogP contribution in [-0.4, -0.2) is 24.6 Å². The third-order valence-electron chi connectivity index (χ3n) is 6.53. The first-order chi connectivity index (χ1) is 13.0. The van der Waals surface area contributed by atoms with Crippen molar-refractivity contribution in [1.82, 2.24) is 0 Å². The van der Waals surface area contributed by atoms with Crippen LogP contribution in [-0.2, 0) is 0 Å². The van der Waals surface area contributed by atoms with Crippen molar-refractivity contribution >= 4 is 20.8 Å². The van der Waals surface area contributed by atoms with Crippen molar-refractivity contribution in [1.29, 1.82) is 0 Å². The Kier molecular flexibility index (Phi) is 18.3. The minimum absolute atomic E-state index is 1.36. The van der Waals surface area contributed by atoms with E-state index in [9.17, 15) is 0 Å². The molecule has 2 heteroatoms. The Hall–Kier alpha value is 0.910. The molecule has 0 aromatic rings. The van der Waals surface area contributed by atoms with Gasteiger partial charge in [0.1, 0.15) is 0 Å². The fourth-order valence-corrected chi connectivity index (χ4v) is 13.1. The molecule has 0 rings (SSSR count). The molecular weight excluding hydrogens is 411 g/mol. The van der Waals surface area contributed by atoms with E-state index in [2.05, 4.69) is 43.2 Å². The van der Waals surface area contributed by atoms with Gasteiger partial charge in [0, 0.05) is 0 Å². The summed E-state index contributed by atoms with van der Waals surface area (Å²) in [6.07, 6.45) is 30.6. The summed E-state index contributed by atoms with van der Waals surface area (Å²) in [6.45, 7) is 9.38. The number of rotatable bonds is 21. The topological polar surface area (TPSA) is 0 Å². The van der Waals surface area contributed by atoms with Gasteiger partial charge in [-0.2, -0.15) is 0 Å². The van der Waals surface area contributed by atoms with Gasteiger partial charge in [0.05, 0.1) is 0 Å². The maximum absolute atomic E-state index is 4.63. The second kappa shape index (κ2) is 17.7. The van der Waals surface area contributed by atoms with Crippen molar-refractivity contribution in [2.24, 2.45) is 0 Å². The molecule has 0 aliphatic heterocycles. The molecule has 0 aromatic carbocycles. The van der Waals surface area contributed by atoms with Gasteiger partial charge in [-0.15, -0.1) is 0 Å². The Morgan fingerprint density at radius 3 is 0.926 bits per heavy atom. The van der Waals surface area contributed by atoms with Crippen LogP contribution in [0.3, 0.4) is 0 Å². The molecule has 0 aliphatic carbocycles. The molecule has 0 saturated carbocycles. The van der Waals surface area contributed by atoms with Crippen LogP contribution in [0, 0.1) is 0 Å². The molecule has 0 unspecified atom stereocenters. The molecule has 0 atom stereocenters. The molecule has 0 heterocycles. The summed E-state index contributed by atoms with van der Waals surface area (Å²) in [6, 6.07) is 0. The third-order valence-corrected chi connectivity index (χ3v) is 16.5. The van der Waals surface area contributed by atoms with E-state index < -0.39 is 5.31 Å². The first-order valence-electron chi connectivity index (χ1n) is 12.8. The number of hydrogen-bond acceptors (Lipinski definition) is 0. The van der Waals surface area contributed by atoms with Crippen LogP contribution in [0.2, 0.25) is 0 Å². The minimum atomic E-state index is -1.68. The first-order valence-corrected chi connectivity index (χ1v) is 17.8. The first kappa shape index (κ1) is 27.9. The second-order valence-corrected chi connectivity index (χ2v) is 20.8. The van der Waals surface area contributed by atoms with Gasteiger partial charge in [0.2, 0.25) is 0 Å². The zero-order chi connectivity index (χ0) is 20.3. The Morgan fingerprint density at radius 2 is 0.630 bits per heavy atom. The van der Waals surface area contributed by atoms with Crippen LogP contribution in [0.25, 0.3) is 0 Å². The molecule has 0 amide bonds. The monoisotopic (exact) mass is 464 g/mol. The molecule has 27 heavy (non-hydrogen) atoms. The molecule has 0 aliphatic rings. The van der Waals surface area contributed by atoms with Gasteiger partial charge in [0.15, 0.2) is 0 Å². The zero-order valence-corrected chi connectivity index (χ0v) is 22.2. The fraction of sp³-hybridized carbons (Fsp3) is 1.00. The van der Waals surface area contributed by atoms with Gasteiger partial charge in [-0.25, -0.2) is 0 Å². The van der Waals surface area contributed by atoms with Crippen LogP contribution in [0.1, 0.15) is 137 Å². The number of halogens is 1. The van der Waals surface area contributed by atoms with Crippen LogP contribution in [0.15, 0.2) is 0 Å². The van der Waals surface area contributed by atoms with E-state index in [4.69, 9.17) is 0 Å². The summed E-state index contributed by atoms with van der Waals surface area (Å²) < 4.78 is 0. The third kappa shape index (κ3) is 14.5. The molecule has 0 N–H and O–H groups in total. The average Bonchev–Trinajstić information content (AvgIpc) is 2.66. The standard InChI is InChI=1S/C25H54BrP/c1-5-9-13-16-19-23-27(26,22-12-8-4,24-20-17-14-10-6-2)25-21-18-15-11-7-3/h5-25H2,1-4H3. The van der Waals surface area contributed by atoms with E-state index in [1.54, 1.807) is 0 Å². The Morgan fingerprint density at radius 1 is 0.370 bits per heavy atom. The average molecular weight is 466 g/mol. The quantitative estimate of drug-likeness (QED) is 0.117. The summed E-state index contributed by atoms with van der Waals surface area (Å²) in [5.41, 5.74) is 0. The summed E-state index contributed by atoms with van der Waals surface area (Å²) in [5.74, 6) is 0. The van der Waals surface area contributed by atoms with Crippen molar-refractivity contribution < 1.29 is 0 Å². The van der Waals surface area contributed by atoms with Crippen LogP contribution >= 0.6 is 20.8 Å². The van der Waals surface area contributed by atoms with Gasteiger partial charge in [-0.3, -0.25) is 0 Å². The normalized spacial score (nSPS) is 13.6. The summed E-state index contributed by atoms with van der Waals surface area (Å²) in [5, 5.41) is -1.68. The summed E-state index contributed by atoms with van der Waals surface area (Å²) >= 11 is 4.63. The van der Waals surface area contributed by atoms with Gasteiger partial charge >= 0.3 is 182 Å². The molecule has 0 aromatic heterocycles. The molecule has 0 bridgehead atoms. The van der Waals surface area contributed by atoms with E-state index in [1.165, 1.54) is 134 Å². The zero-order valence-electron chi connectivity index (χ0n) is 19.7. The Labute approximate surface area is 182 Å². The Balaban J connectivity index is 4.83. The van der Waals surface area contributed by atoms with Gasteiger partial charge in [-0.1, -0.05) is 0 Å². The molecule has 0 fully saturated rings. The van der Waals surface area contributed by atoms with Crippen LogP contribution in [0.4, 0.5) is 0 Å². The molecule has 0 spiro atoms. The van der Waals surface area contributed by atoms with Gasteiger partial charge in [-0.05, 0) is 0 Å². The van der Waals surface area contributed by atoms with Crippen LogP contribution < -0.4 is 0 Å². The van der Waals surface area contributed by atoms with E-state index >= 15 is 0 Å². The second-order valence-electron chi connectivity index (χ2n) is 9.31. The number of hydrogen-bond donors (Lipinski definition) is 0. The molecule has 0 nitrogen and oxygen atoms in total. The van der Waals surface area contributed by atoms with Crippen molar-refractivity contribution in [3.8, 4) is 0 Å². The molecular formula is C25H54BrP. The molecule has 0 radical (unpaired) electrons. The molecule has 166 valence electrons. The van der Waals surface area contributed by atoms with Crippen molar-refractivity contribution in [3.05, 3.63) is 0 Å². The maximum atomic E-state index is 4.63. The van der Waals surface area contributed by atoms with Gasteiger partial charge in [0.25, 0.3) is 0 Å². The predicted molar refractivity (Wildman–Crippen MR) is 136 cm³/mol. The van der Waals surface area contributed by atoms with Crippen molar-refractivity contribution in [2.45, 2.75) is 137 Å². The van der Waals surface area contributed by atoms with E-state index in [1.807, 2.05) is 0 Å². The SMILES string of the molecule is CCCCCCCP(Br)(CCCC)(CCCCCCC)CCCCCCC. The Bertz CT molecular complexity index is 277. The van der Waals surface area contributed by atoms with E-state index in [-0.39, 0.29) is 0 Å².